The van der Waals surface area contributed by atoms with Crippen LogP contribution in [0.4, 0.5) is 0 Å². The number of methoxy groups -OCH3 is 2. The maximum absolute atomic E-state index is 5.50. The molecule has 0 amide bonds. The van der Waals surface area contributed by atoms with Crippen LogP contribution in [0, 0.1) is 0 Å². The molecule has 0 unspecified atom stereocenters. The zero-order valence-corrected chi connectivity index (χ0v) is 16.3. The second kappa shape index (κ2) is 6.99. The molecule has 0 saturated heterocycles. The van der Waals surface area contributed by atoms with E-state index in [4.69, 9.17) is 14.5 Å². The van der Waals surface area contributed by atoms with Gasteiger partial charge < -0.3 is 14.5 Å². The lowest BCUT2D eigenvalue weighted by Gasteiger charge is -2.11. The minimum absolute atomic E-state index is 0.687. The van der Waals surface area contributed by atoms with Crippen LogP contribution >= 0.6 is 0 Å². The lowest BCUT2D eigenvalue weighted by atomic mass is 10.0. The van der Waals surface area contributed by atoms with Crippen molar-refractivity contribution in [3.8, 4) is 33.9 Å². The van der Waals surface area contributed by atoms with E-state index in [-0.39, 0.29) is 0 Å². The number of benzene rings is 3. The molecular weight excluding hydrogens is 360 g/mol. The number of hydrogen-bond acceptors (Lipinski definition) is 3. The fraction of sp³-hybridized carbons (Fsp3) is 0.0800. The van der Waals surface area contributed by atoms with Gasteiger partial charge in [0.15, 0.2) is 11.5 Å². The van der Waals surface area contributed by atoms with Crippen LogP contribution < -0.4 is 9.47 Å². The zero-order valence-electron chi connectivity index (χ0n) is 16.3. The summed E-state index contributed by atoms with van der Waals surface area (Å²) >= 11 is 0. The number of ether oxygens (including phenoxy) is 2. The van der Waals surface area contributed by atoms with Crippen LogP contribution in [0.5, 0.6) is 11.5 Å². The van der Waals surface area contributed by atoms with Gasteiger partial charge in [-0.15, -0.1) is 0 Å². The van der Waals surface area contributed by atoms with Gasteiger partial charge in [-0.2, -0.15) is 0 Å². The summed E-state index contributed by atoms with van der Waals surface area (Å²) in [5, 5.41) is 1.11. The van der Waals surface area contributed by atoms with E-state index in [2.05, 4.69) is 47.4 Å². The van der Waals surface area contributed by atoms with E-state index in [1.807, 2.05) is 36.4 Å². The minimum Gasteiger partial charge on any atom is -0.493 e. The number of para-hydroxylation sites is 1. The van der Waals surface area contributed by atoms with E-state index < -0.39 is 0 Å². The molecule has 0 fully saturated rings. The van der Waals surface area contributed by atoms with E-state index >= 15 is 0 Å². The molecule has 0 aliphatic carbocycles. The number of aromatic nitrogens is 2. The molecule has 0 spiro atoms. The number of fused-ring (bicyclic) bond motifs is 3. The average molecular weight is 380 g/mol. The van der Waals surface area contributed by atoms with Gasteiger partial charge in [-0.05, 0) is 35.9 Å². The summed E-state index contributed by atoms with van der Waals surface area (Å²) in [6, 6.07) is 26.7. The van der Waals surface area contributed by atoms with Gasteiger partial charge >= 0.3 is 0 Å². The lowest BCUT2D eigenvalue weighted by molar-refractivity contribution is 0.355. The van der Waals surface area contributed by atoms with E-state index in [0.717, 1.165) is 44.3 Å². The Morgan fingerprint density at radius 3 is 2.28 bits per heavy atom. The fourth-order valence-electron chi connectivity index (χ4n) is 3.79. The molecule has 4 heteroatoms. The van der Waals surface area contributed by atoms with Crippen LogP contribution in [0.3, 0.4) is 0 Å². The molecule has 29 heavy (non-hydrogen) atoms. The number of aromatic amines is 1. The van der Waals surface area contributed by atoms with Crippen molar-refractivity contribution >= 4 is 21.9 Å². The smallest absolute Gasteiger partial charge is 0.161 e. The first-order chi connectivity index (χ1) is 14.3. The van der Waals surface area contributed by atoms with Crippen LogP contribution in [0.15, 0.2) is 78.9 Å². The molecule has 0 bridgehead atoms. The molecule has 2 heterocycles. The second-order valence-corrected chi connectivity index (χ2v) is 6.89. The average Bonchev–Trinajstić information content (AvgIpc) is 3.17. The highest BCUT2D eigenvalue weighted by Gasteiger charge is 2.15. The molecule has 5 rings (SSSR count). The maximum Gasteiger partial charge on any atom is 0.161 e. The molecule has 142 valence electrons. The van der Waals surface area contributed by atoms with Gasteiger partial charge in [0.2, 0.25) is 0 Å². The first-order valence-corrected chi connectivity index (χ1v) is 9.48. The molecule has 5 aromatic rings. The summed E-state index contributed by atoms with van der Waals surface area (Å²) in [7, 11) is 3.29. The van der Waals surface area contributed by atoms with E-state index in [9.17, 15) is 0 Å². The number of hydrogen-bond donors (Lipinski definition) is 1. The molecule has 0 aliphatic heterocycles. The Labute approximate surface area is 168 Å². The van der Waals surface area contributed by atoms with Crippen molar-refractivity contribution in [1.82, 2.24) is 9.97 Å². The number of rotatable bonds is 4. The number of nitrogens with zero attached hydrogens (tertiary/aromatic N) is 1. The SMILES string of the molecule is COc1ccc(-c2cc(-c3ccccc3)c3[nH]c4ccccc4c3n2)cc1OC. The van der Waals surface area contributed by atoms with Crippen molar-refractivity contribution < 1.29 is 9.47 Å². The number of pyridine rings is 1. The predicted octanol–water partition coefficient (Wildman–Crippen LogP) is 6.07. The molecule has 2 aromatic heterocycles. The molecule has 0 saturated carbocycles. The van der Waals surface area contributed by atoms with Crippen LogP contribution in [-0.4, -0.2) is 24.2 Å². The van der Waals surface area contributed by atoms with Crippen molar-refractivity contribution in [3.05, 3.63) is 78.9 Å². The molecule has 0 aliphatic rings. The topological polar surface area (TPSA) is 47.1 Å². The number of nitrogens with one attached hydrogen (secondary N) is 1. The standard InChI is InChI=1S/C25H20N2O2/c1-28-22-13-12-17(14-23(22)29-2)21-15-19(16-8-4-3-5-9-16)25-24(27-21)18-10-6-7-11-20(18)26-25/h3-15,26H,1-2H3. The van der Waals surface area contributed by atoms with Crippen molar-refractivity contribution in [1.29, 1.82) is 0 Å². The first-order valence-electron chi connectivity index (χ1n) is 9.48. The minimum atomic E-state index is 0.687. The Kier molecular flexibility index (Phi) is 4.17. The summed E-state index contributed by atoms with van der Waals surface area (Å²) in [5.41, 5.74) is 7.23. The van der Waals surface area contributed by atoms with Gasteiger partial charge in [-0.25, -0.2) is 4.98 Å². The van der Waals surface area contributed by atoms with Crippen LogP contribution in [0.1, 0.15) is 0 Å². The van der Waals surface area contributed by atoms with Gasteiger partial charge in [0.05, 0.1) is 30.9 Å². The highest BCUT2D eigenvalue weighted by Crippen LogP contribution is 2.37. The van der Waals surface area contributed by atoms with Crippen molar-refractivity contribution in [2.24, 2.45) is 0 Å². The van der Waals surface area contributed by atoms with Crippen LogP contribution in [0.25, 0.3) is 44.3 Å². The molecule has 0 radical (unpaired) electrons. The van der Waals surface area contributed by atoms with Gasteiger partial charge in [0.25, 0.3) is 0 Å². The largest absolute Gasteiger partial charge is 0.493 e. The van der Waals surface area contributed by atoms with Crippen molar-refractivity contribution in [3.63, 3.8) is 0 Å². The monoisotopic (exact) mass is 380 g/mol. The summed E-state index contributed by atoms with van der Waals surface area (Å²) in [5.74, 6) is 1.39. The summed E-state index contributed by atoms with van der Waals surface area (Å²) in [6.07, 6.45) is 0. The van der Waals surface area contributed by atoms with Gasteiger partial charge in [-0.1, -0.05) is 48.5 Å². The third kappa shape index (κ3) is 2.90. The fourth-order valence-corrected chi connectivity index (χ4v) is 3.79. The Bertz CT molecular complexity index is 1320. The highest BCUT2D eigenvalue weighted by atomic mass is 16.5. The Morgan fingerprint density at radius 2 is 1.48 bits per heavy atom. The van der Waals surface area contributed by atoms with Gasteiger partial charge in [0.1, 0.15) is 0 Å². The molecule has 4 nitrogen and oxygen atoms in total. The third-order valence-electron chi connectivity index (χ3n) is 5.23. The number of H-pyrrole nitrogens is 1. The van der Waals surface area contributed by atoms with Crippen LogP contribution in [-0.2, 0) is 0 Å². The molecule has 1 N–H and O–H groups in total. The Morgan fingerprint density at radius 1 is 0.724 bits per heavy atom. The maximum atomic E-state index is 5.50. The van der Waals surface area contributed by atoms with Crippen LogP contribution in [0.2, 0.25) is 0 Å². The molecule has 0 atom stereocenters. The van der Waals surface area contributed by atoms with E-state index in [1.165, 1.54) is 0 Å². The quantitative estimate of drug-likeness (QED) is 0.412. The predicted molar refractivity (Wildman–Crippen MR) is 118 cm³/mol. The second-order valence-electron chi connectivity index (χ2n) is 6.89. The molecular formula is C25H20N2O2. The highest BCUT2D eigenvalue weighted by molar-refractivity contribution is 6.10. The first kappa shape index (κ1) is 17.3. The summed E-state index contributed by atoms with van der Waals surface area (Å²) in [4.78, 5) is 8.58. The normalized spacial score (nSPS) is 11.1. The summed E-state index contributed by atoms with van der Waals surface area (Å²) < 4.78 is 10.9. The summed E-state index contributed by atoms with van der Waals surface area (Å²) in [6.45, 7) is 0. The Balaban J connectivity index is 1.82. The van der Waals surface area contributed by atoms with Crippen molar-refractivity contribution in [2.75, 3.05) is 14.2 Å². The van der Waals surface area contributed by atoms with E-state index in [0.29, 0.717) is 11.5 Å². The van der Waals surface area contributed by atoms with Crippen molar-refractivity contribution in [2.45, 2.75) is 0 Å². The zero-order chi connectivity index (χ0) is 19.8. The third-order valence-corrected chi connectivity index (χ3v) is 5.23. The van der Waals surface area contributed by atoms with Gasteiger partial charge in [0, 0.05) is 22.0 Å². The molecule has 3 aromatic carbocycles. The Hall–Kier alpha value is -3.79. The van der Waals surface area contributed by atoms with Gasteiger partial charge in [-0.3, -0.25) is 0 Å². The van der Waals surface area contributed by atoms with E-state index in [1.54, 1.807) is 14.2 Å². The lowest BCUT2D eigenvalue weighted by Crippen LogP contribution is -1.93.